The van der Waals surface area contributed by atoms with Crippen molar-refractivity contribution in [1.82, 2.24) is 15.0 Å². The first-order valence-corrected chi connectivity index (χ1v) is 11.8. The van der Waals surface area contributed by atoms with Gasteiger partial charge in [0.1, 0.15) is 11.8 Å². The van der Waals surface area contributed by atoms with E-state index in [2.05, 4.69) is 10.1 Å². The SMILES string of the molecule is O=C(O)N1CCCC1c1nc(-c2ccc(OCCCCc3ccc(C(F)(F)F)cc3)c(C(F)(F)F)c2)no1. The number of alkyl halides is 6. The number of rotatable bonds is 8. The average Bonchev–Trinajstić information content (AvgIpc) is 3.53. The van der Waals surface area contributed by atoms with Crippen molar-refractivity contribution in [3.8, 4) is 17.1 Å². The summed E-state index contributed by atoms with van der Waals surface area (Å²) in [5.41, 5.74) is -1.06. The third-order valence-electron chi connectivity index (χ3n) is 6.17. The van der Waals surface area contributed by atoms with E-state index in [0.29, 0.717) is 44.2 Å². The van der Waals surface area contributed by atoms with Gasteiger partial charge in [0.2, 0.25) is 11.7 Å². The Morgan fingerprint density at radius 2 is 1.79 bits per heavy atom. The molecule has 2 aromatic carbocycles. The highest BCUT2D eigenvalue weighted by molar-refractivity contribution is 5.66. The van der Waals surface area contributed by atoms with E-state index in [1.165, 1.54) is 18.2 Å². The number of aromatic nitrogens is 2. The lowest BCUT2D eigenvalue weighted by Gasteiger charge is -2.17. The van der Waals surface area contributed by atoms with Crippen molar-refractivity contribution in [2.24, 2.45) is 0 Å². The molecule has 204 valence electrons. The molecule has 1 unspecified atom stereocenters. The van der Waals surface area contributed by atoms with Crippen molar-refractivity contribution >= 4 is 6.09 Å². The highest BCUT2D eigenvalue weighted by Gasteiger charge is 2.36. The summed E-state index contributed by atoms with van der Waals surface area (Å²) in [7, 11) is 0. The molecule has 1 saturated heterocycles. The molecule has 0 spiro atoms. The first kappa shape index (κ1) is 27.3. The van der Waals surface area contributed by atoms with Crippen molar-refractivity contribution in [3.63, 3.8) is 0 Å². The van der Waals surface area contributed by atoms with Gasteiger partial charge >= 0.3 is 18.4 Å². The van der Waals surface area contributed by atoms with Crippen LogP contribution in [0.3, 0.4) is 0 Å². The standard InChI is InChI=1S/C25H23F6N3O4/c26-24(27,28)17-9-6-15(7-10-17)4-1-2-13-37-20-11-8-16(14-18(20)25(29,30)31)21-32-22(38-33-21)19-5-3-12-34(19)23(35)36/h6-11,14,19H,1-5,12-13H2,(H,35,36). The van der Waals surface area contributed by atoms with Crippen molar-refractivity contribution < 1.29 is 45.5 Å². The number of nitrogens with zero attached hydrogens (tertiary/aromatic N) is 3. The summed E-state index contributed by atoms with van der Waals surface area (Å²) in [6, 6.07) is 7.43. The van der Waals surface area contributed by atoms with Gasteiger partial charge in [0.25, 0.3) is 0 Å². The van der Waals surface area contributed by atoms with Crippen LogP contribution in [0.2, 0.25) is 0 Å². The number of likely N-dealkylation sites (tertiary alicyclic amines) is 1. The summed E-state index contributed by atoms with van der Waals surface area (Å²) < 4.78 is 89.7. The van der Waals surface area contributed by atoms with Crippen molar-refractivity contribution in [3.05, 3.63) is 65.0 Å². The van der Waals surface area contributed by atoms with Gasteiger partial charge in [0.15, 0.2) is 0 Å². The van der Waals surface area contributed by atoms with E-state index in [-0.39, 0.29) is 29.6 Å². The molecule has 13 heteroatoms. The molecule has 1 aromatic heterocycles. The maximum atomic E-state index is 13.8. The molecule has 1 amide bonds. The summed E-state index contributed by atoms with van der Waals surface area (Å²) in [5.74, 6) is -0.472. The lowest BCUT2D eigenvalue weighted by Crippen LogP contribution is -2.28. The van der Waals surface area contributed by atoms with Crippen LogP contribution in [0.25, 0.3) is 11.4 Å². The molecule has 1 N–H and O–H groups in total. The Balaban J connectivity index is 1.38. The molecule has 0 aliphatic carbocycles. The van der Waals surface area contributed by atoms with Crippen LogP contribution in [0, 0.1) is 0 Å². The smallest absolute Gasteiger partial charge is 0.419 e. The lowest BCUT2D eigenvalue weighted by molar-refractivity contribution is -0.139. The summed E-state index contributed by atoms with van der Waals surface area (Å²) in [5, 5.41) is 13.0. The van der Waals surface area contributed by atoms with Gasteiger partial charge in [0.05, 0.1) is 17.7 Å². The van der Waals surface area contributed by atoms with Crippen LogP contribution < -0.4 is 4.74 Å². The molecule has 1 aliphatic rings. The fraction of sp³-hybridized carbons (Fsp3) is 0.400. The summed E-state index contributed by atoms with van der Waals surface area (Å²) in [6.45, 7) is 0.272. The second kappa shape index (κ2) is 10.9. The number of hydrogen-bond acceptors (Lipinski definition) is 5. The van der Waals surface area contributed by atoms with Gasteiger partial charge < -0.3 is 14.4 Å². The van der Waals surface area contributed by atoms with Crippen molar-refractivity contribution in [2.75, 3.05) is 13.2 Å². The fourth-order valence-electron chi connectivity index (χ4n) is 4.23. The number of benzene rings is 2. The normalized spacial score (nSPS) is 16.2. The molecule has 4 rings (SSSR count). The molecule has 3 aromatic rings. The molecule has 0 bridgehead atoms. The number of ether oxygens (including phenoxy) is 1. The molecule has 0 saturated carbocycles. The third kappa shape index (κ3) is 6.37. The third-order valence-corrected chi connectivity index (χ3v) is 6.17. The molecule has 1 fully saturated rings. The van der Waals surface area contributed by atoms with Gasteiger partial charge in [-0.25, -0.2) is 4.79 Å². The monoisotopic (exact) mass is 543 g/mol. The van der Waals surface area contributed by atoms with Gasteiger partial charge in [0, 0.05) is 12.1 Å². The van der Waals surface area contributed by atoms with Gasteiger partial charge in [-0.3, -0.25) is 4.90 Å². The lowest BCUT2D eigenvalue weighted by atomic mass is 10.1. The van der Waals surface area contributed by atoms with Crippen LogP contribution in [0.15, 0.2) is 47.0 Å². The number of amides is 1. The van der Waals surface area contributed by atoms with E-state index < -0.39 is 35.6 Å². The summed E-state index contributed by atoms with van der Waals surface area (Å²) in [6.07, 6.45) is -7.89. The highest BCUT2D eigenvalue weighted by atomic mass is 19.4. The van der Waals surface area contributed by atoms with E-state index in [9.17, 15) is 36.2 Å². The largest absolute Gasteiger partial charge is 0.493 e. The maximum absolute atomic E-state index is 13.8. The van der Waals surface area contributed by atoms with Gasteiger partial charge in [-0.1, -0.05) is 17.3 Å². The Hall–Kier alpha value is -3.77. The molecule has 1 atom stereocenters. The Labute approximate surface area is 213 Å². The number of aryl methyl sites for hydroxylation is 1. The fourth-order valence-corrected chi connectivity index (χ4v) is 4.23. The number of halogens is 6. The van der Waals surface area contributed by atoms with Crippen LogP contribution in [0.5, 0.6) is 5.75 Å². The molecule has 2 heterocycles. The maximum Gasteiger partial charge on any atom is 0.419 e. The second-order valence-corrected chi connectivity index (χ2v) is 8.80. The van der Waals surface area contributed by atoms with Crippen LogP contribution >= 0.6 is 0 Å². The van der Waals surface area contributed by atoms with E-state index in [4.69, 9.17) is 9.26 Å². The van der Waals surface area contributed by atoms with Gasteiger partial charge in [-0.15, -0.1) is 0 Å². The van der Waals surface area contributed by atoms with Gasteiger partial charge in [-0.05, 0) is 68.0 Å². The molecular formula is C25H23F6N3O4. The number of hydrogen-bond donors (Lipinski definition) is 1. The number of unbranched alkanes of at least 4 members (excludes halogenated alkanes) is 1. The Kier molecular flexibility index (Phi) is 7.83. The van der Waals surface area contributed by atoms with Crippen LogP contribution in [-0.4, -0.2) is 39.4 Å². The predicted molar refractivity (Wildman–Crippen MR) is 121 cm³/mol. The second-order valence-electron chi connectivity index (χ2n) is 8.80. The van der Waals surface area contributed by atoms with Crippen LogP contribution in [0.1, 0.15) is 54.3 Å². The molecule has 1 aliphatic heterocycles. The van der Waals surface area contributed by atoms with Crippen molar-refractivity contribution in [1.29, 1.82) is 0 Å². The summed E-state index contributed by atoms with van der Waals surface area (Å²) in [4.78, 5) is 16.6. The first-order valence-electron chi connectivity index (χ1n) is 11.8. The molecule has 0 radical (unpaired) electrons. The Morgan fingerprint density at radius 1 is 1.05 bits per heavy atom. The average molecular weight is 543 g/mol. The minimum Gasteiger partial charge on any atom is -0.493 e. The number of carbonyl (C=O) groups is 1. The van der Waals surface area contributed by atoms with Crippen LogP contribution in [-0.2, 0) is 18.8 Å². The van der Waals surface area contributed by atoms with E-state index in [1.54, 1.807) is 0 Å². The minimum absolute atomic E-state index is 0.0156. The van der Waals surface area contributed by atoms with E-state index in [0.717, 1.165) is 29.2 Å². The summed E-state index contributed by atoms with van der Waals surface area (Å²) >= 11 is 0. The molecular weight excluding hydrogens is 520 g/mol. The highest BCUT2D eigenvalue weighted by Crippen LogP contribution is 2.39. The topological polar surface area (TPSA) is 88.7 Å². The zero-order chi connectivity index (χ0) is 27.5. The molecule has 7 nitrogen and oxygen atoms in total. The zero-order valence-corrected chi connectivity index (χ0v) is 19.8. The van der Waals surface area contributed by atoms with Crippen LogP contribution in [0.4, 0.5) is 31.1 Å². The quantitative estimate of drug-likeness (QED) is 0.243. The Morgan fingerprint density at radius 3 is 2.45 bits per heavy atom. The number of carboxylic acid groups (broad SMARTS) is 1. The van der Waals surface area contributed by atoms with E-state index in [1.807, 2.05) is 0 Å². The predicted octanol–water partition coefficient (Wildman–Crippen LogP) is 6.99. The van der Waals surface area contributed by atoms with Gasteiger partial charge in [-0.2, -0.15) is 31.3 Å². The minimum atomic E-state index is -4.73. The Bertz CT molecular complexity index is 1260. The van der Waals surface area contributed by atoms with Crippen molar-refractivity contribution in [2.45, 2.75) is 50.5 Å². The zero-order valence-electron chi connectivity index (χ0n) is 19.8. The first-order chi connectivity index (χ1) is 17.9. The van der Waals surface area contributed by atoms with E-state index >= 15 is 0 Å². The molecule has 38 heavy (non-hydrogen) atoms.